The first-order valence-corrected chi connectivity index (χ1v) is 13.7. The van der Waals surface area contributed by atoms with Gasteiger partial charge in [-0.25, -0.2) is 4.79 Å². The van der Waals surface area contributed by atoms with E-state index in [0.29, 0.717) is 38.0 Å². The number of benzene rings is 1. The fourth-order valence-corrected chi connectivity index (χ4v) is 6.61. The molecule has 3 atom stereocenters. The number of hydrogen-bond donors (Lipinski definition) is 2. The van der Waals surface area contributed by atoms with E-state index in [1.54, 1.807) is 13.8 Å². The third-order valence-electron chi connectivity index (χ3n) is 8.93. The van der Waals surface area contributed by atoms with E-state index in [1.165, 1.54) is 11.1 Å². The lowest BCUT2D eigenvalue weighted by molar-refractivity contribution is -0.152. The summed E-state index contributed by atoms with van der Waals surface area (Å²) in [5.74, 6) is -0.0539. The van der Waals surface area contributed by atoms with Crippen LogP contribution in [0.3, 0.4) is 0 Å². The first-order chi connectivity index (χ1) is 17.4. The Kier molecular flexibility index (Phi) is 7.72. The number of allylic oxidation sites excluding steroid dienone is 1. The van der Waals surface area contributed by atoms with E-state index in [-0.39, 0.29) is 29.8 Å². The van der Waals surface area contributed by atoms with Crippen LogP contribution in [0.2, 0.25) is 0 Å². The molecule has 4 rings (SSSR count). The molecule has 3 aliphatic rings. The summed E-state index contributed by atoms with van der Waals surface area (Å²) in [5, 5.41) is 12.8. The van der Waals surface area contributed by atoms with E-state index in [9.17, 15) is 19.5 Å². The molecule has 202 valence electrons. The zero-order valence-electron chi connectivity index (χ0n) is 22.9. The van der Waals surface area contributed by atoms with E-state index in [4.69, 9.17) is 0 Å². The number of carbonyl (C=O) groups excluding carboxylic acids is 2. The molecule has 1 spiro atoms. The van der Waals surface area contributed by atoms with Gasteiger partial charge in [-0.3, -0.25) is 9.59 Å². The maximum Gasteiger partial charge on any atom is 0.317 e. The zero-order chi connectivity index (χ0) is 27.0. The summed E-state index contributed by atoms with van der Waals surface area (Å²) < 4.78 is 0. The summed E-state index contributed by atoms with van der Waals surface area (Å²) in [4.78, 5) is 41.8. The summed E-state index contributed by atoms with van der Waals surface area (Å²) >= 11 is 0. The third-order valence-corrected chi connectivity index (χ3v) is 8.93. The average molecular weight is 510 g/mol. The lowest BCUT2D eigenvalue weighted by Gasteiger charge is -2.49. The molecule has 1 aromatic rings. The van der Waals surface area contributed by atoms with Gasteiger partial charge in [0.15, 0.2) is 0 Å². The molecule has 3 amide bonds. The Labute approximate surface area is 221 Å². The lowest BCUT2D eigenvalue weighted by Crippen LogP contribution is -2.56. The van der Waals surface area contributed by atoms with E-state index in [1.807, 2.05) is 21.9 Å². The van der Waals surface area contributed by atoms with Crippen molar-refractivity contribution in [3.8, 4) is 0 Å². The van der Waals surface area contributed by atoms with Gasteiger partial charge >= 0.3 is 12.0 Å². The Morgan fingerprint density at radius 1 is 1.16 bits per heavy atom. The van der Waals surface area contributed by atoms with Crippen molar-refractivity contribution in [2.24, 2.45) is 17.3 Å². The average Bonchev–Trinajstić information content (AvgIpc) is 2.83. The molecule has 0 aromatic heterocycles. The minimum atomic E-state index is -1.11. The smallest absolute Gasteiger partial charge is 0.317 e. The van der Waals surface area contributed by atoms with Crippen molar-refractivity contribution in [3.63, 3.8) is 0 Å². The maximum absolute atomic E-state index is 13.2. The Morgan fingerprint density at radius 2 is 1.84 bits per heavy atom. The van der Waals surface area contributed by atoms with Crippen LogP contribution in [0.1, 0.15) is 77.3 Å². The molecule has 7 heteroatoms. The maximum atomic E-state index is 13.2. The van der Waals surface area contributed by atoms with Crippen LogP contribution in [-0.2, 0) is 21.5 Å². The van der Waals surface area contributed by atoms with Gasteiger partial charge in [0.1, 0.15) is 0 Å². The predicted molar refractivity (Wildman–Crippen MR) is 144 cm³/mol. The number of carboxylic acids is 1. The molecule has 2 heterocycles. The molecule has 2 N–H and O–H groups in total. The topological polar surface area (TPSA) is 90.0 Å². The Morgan fingerprint density at radius 3 is 2.49 bits per heavy atom. The number of hydrogen-bond acceptors (Lipinski definition) is 3. The number of piperidine rings is 1. The van der Waals surface area contributed by atoms with Crippen molar-refractivity contribution in [2.45, 2.75) is 84.2 Å². The molecular weight excluding hydrogens is 466 g/mol. The molecule has 1 aromatic carbocycles. The summed E-state index contributed by atoms with van der Waals surface area (Å²) in [6.07, 6.45) is 4.70. The molecule has 1 saturated heterocycles. The van der Waals surface area contributed by atoms with Crippen LogP contribution in [0, 0.1) is 17.3 Å². The third kappa shape index (κ3) is 5.86. The fraction of sp³-hybridized carbons (Fsp3) is 0.633. The second kappa shape index (κ2) is 10.5. The molecule has 7 nitrogen and oxygen atoms in total. The largest absolute Gasteiger partial charge is 0.481 e. The van der Waals surface area contributed by atoms with Crippen LogP contribution in [0.4, 0.5) is 4.79 Å². The molecule has 1 saturated carbocycles. The first kappa shape index (κ1) is 27.2. The van der Waals surface area contributed by atoms with Crippen LogP contribution in [0.25, 0.3) is 0 Å². The summed E-state index contributed by atoms with van der Waals surface area (Å²) in [6, 6.07) is 8.36. The van der Waals surface area contributed by atoms with Crippen LogP contribution in [0.5, 0.6) is 0 Å². The SMILES string of the molecule is C=C1CC(C)CC(C(C)NC(=O)N2CCC3(CC2)CN(C(=O)CC(C)(C)C(=O)O)Cc2ccccc23)C1. The Bertz CT molecular complexity index is 1060. The van der Waals surface area contributed by atoms with E-state index < -0.39 is 11.4 Å². The number of rotatable bonds is 5. The number of carbonyl (C=O) groups is 3. The second-order valence-corrected chi connectivity index (χ2v) is 12.5. The fourth-order valence-electron chi connectivity index (χ4n) is 6.61. The summed E-state index contributed by atoms with van der Waals surface area (Å²) in [7, 11) is 0. The number of nitrogens with zero attached hydrogens (tertiary/aromatic N) is 2. The number of aliphatic carboxylic acids is 1. The molecule has 2 aliphatic heterocycles. The van der Waals surface area contributed by atoms with Gasteiger partial charge in [0.05, 0.1) is 5.41 Å². The van der Waals surface area contributed by atoms with Crippen molar-refractivity contribution in [1.82, 2.24) is 15.1 Å². The van der Waals surface area contributed by atoms with Crippen LogP contribution < -0.4 is 5.32 Å². The predicted octanol–water partition coefficient (Wildman–Crippen LogP) is 4.95. The quantitative estimate of drug-likeness (QED) is 0.550. The van der Waals surface area contributed by atoms with Gasteiger partial charge < -0.3 is 20.2 Å². The normalized spacial score (nSPS) is 24.4. The van der Waals surface area contributed by atoms with Crippen molar-refractivity contribution < 1.29 is 19.5 Å². The second-order valence-electron chi connectivity index (χ2n) is 12.5. The van der Waals surface area contributed by atoms with Crippen molar-refractivity contribution in [2.75, 3.05) is 19.6 Å². The summed E-state index contributed by atoms with van der Waals surface area (Å²) in [6.45, 7) is 14.1. The van der Waals surface area contributed by atoms with Gasteiger partial charge in [-0.1, -0.05) is 43.3 Å². The number of nitrogens with one attached hydrogen (secondary N) is 1. The molecule has 2 fully saturated rings. The molecule has 0 radical (unpaired) electrons. The number of fused-ring (bicyclic) bond motifs is 2. The highest BCUT2D eigenvalue weighted by Crippen LogP contribution is 2.42. The van der Waals surface area contributed by atoms with Crippen molar-refractivity contribution >= 4 is 17.9 Å². The van der Waals surface area contributed by atoms with E-state index in [0.717, 1.165) is 37.7 Å². The van der Waals surface area contributed by atoms with Gasteiger partial charge in [-0.2, -0.15) is 0 Å². The minimum absolute atomic E-state index is 0.00794. The molecule has 1 aliphatic carbocycles. The minimum Gasteiger partial charge on any atom is -0.481 e. The van der Waals surface area contributed by atoms with E-state index >= 15 is 0 Å². The molecule has 3 unspecified atom stereocenters. The zero-order valence-corrected chi connectivity index (χ0v) is 22.9. The number of amides is 3. The number of likely N-dealkylation sites (tertiary alicyclic amines) is 1. The van der Waals surface area contributed by atoms with Crippen molar-refractivity contribution in [1.29, 1.82) is 0 Å². The van der Waals surface area contributed by atoms with Gasteiger partial charge in [0.25, 0.3) is 0 Å². The highest BCUT2D eigenvalue weighted by atomic mass is 16.4. The molecule has 37 heavy (non-hydrogen) atoms. The summed E-state index contributed by atoms with van der Waals surface area (Å²) in [5.41, 5.74) is 2.33. The molecular formula is C30H43N3O4. The Hall–Kier alpha value is -2.83. The standard InChI is InChI=1S/C30H43N3O4/c1-20-14-21(2)16-24(15-20)22(3)31-28(37)32-12-10-30(11-13-32)19-33(18-23-8-6-7-9-25(23)30)26(34)17-29(4,5)27(35)36/h6-9,21-22,24H,1,10-19H2,2-5H3,(H,31,37)(H,35,36). The highest BCUT2D eigenvalue weighted by Gasteiger charge is 2.45. The Balaban J connectivity index is 1.43. The number of carboxylic acid groups (broad SMARTS) is 1. The molecule has 0 bridgehead atoms. The van der Waals surface area contributed by atoms with Gasteiger partial charge in [-0.05, 0) is 75.8 Å². The van der Waals surface area contributed by atoms with Crippen LogP contribution >= 0.6 is 0 Å². The lowest BCUT2D eigenvalue weighted by atomic mass is 9.68. The van der Waals surface area contributed by atoms with E-state index in [2.05, 4.69) is 37.9 Å². The first-order valence-electron chi connectivity index (χ1n) is 13.7. The van der Waals surface area contributed by atoms with Crippen molar-refractivity contribution in [3.05, 3.63) is 47.5 Å². The highest BCUT2D eigenvalue weighted by molar-refractivity contribution is 5.84. The van der Waals surface area contributed by atoms with Crippen LogP contribution in [-0.4, -0.2) is 58.5 Å². The van der Waals surface area contributed by atoms with Crippen LogP contribution in [0.15, 0.2) is 36.4 Å². The number of urea groups is 1. The van der Waals surface area contributed by atoms with Gasteiger partial charge in [0, 0.05) is 44.1 Å². The monoisotopic (exact) mass is 509 g/mol. The van der Waals surface area contributed by atoms with Gasteiger partial charge in [0.2, 0.25) is 5.91 Å². The van der Waals surface area contributed by atoms with Gasteiger partial charge in [-0.15, -0.1) is 0 Å².